The second-order valence-corrected chi connectivity index (χ2v) is 4.60. The van der Waals surface area contributed by atoms with Gasteiger partial charge in [-0.05, 0) is 12.0 Å². The Morgan fingerprint density at radius 3 is 2.53 bits per heavy atom. The lowest BCUT2D eigenvalue weighted by Crippen LogP contribution is -2.09. The molecule has 0 radical (unpaired) electrons. The second-order valence-electron chi connectivity index (χ2n) is 4.60. The zero-order valence-corrected chi connectivity index (χ0v) is 9.91. The number of rotatable bonds is 3. The molecule has 2 atom stereocenters. The monoisotopic (exact) mass is 264 g/mol. The molecule has 1 saturated carbocycles. The SMILES string of the molecule is Fc1cc(F)c(NC2CC2c2ccccc2)nc1F. The summed E-state index contributed by atoms with van der Waals surface area (Å²) in [6, 6.07) is 10.3. The van der Waals surface area contributed by atoms with Crippen LogP contribution in [0, 0.1) is 17.6 Å². The fourth-order valence-electron chi connectivity index (χ4n) is 2.14. The van der Waals surface area contributed by atoms with E-state index in [1.54, 1.807) is 0 Å². The quantitative estimate of drug-likeness (QED) is 0.859. The highest BCUT2D eigenvalue weighted by molar-refractivity contribution is 5.42. The van der Waals surface area contributed by atoms with Gasteiger partial charge in [0.2, 0.25) is 0 Å². The van der Waals surface area contributed by atoms with Gasteiger partial charge < -0.3 is 5.32 Å². The highest BCUT2D eigenvalue weighted by atomic mass is 19.2. The molecular formula is C14H11F3N2. The third-order valence-electron chi connectivity index (χ3n) is 3.23. The van der Waals surface area contributed by atoms with E-state index in [4.69, 9.17) is 0 Å². The van der Waals surface area contributed by atoms with Crippen molar-refractivity contribution in [1.82, 2.24) is 4.98 Å². The largest absolute Gasteiger partial charge is 0.364 e. The van der Waals surface area contributed by atoms with Crippen molar-refractivity contribution in [3.63, 3.8) is 0 Å². The summed E-state index contributed by atoms with van der Waals surface area (Å²) >= 11 is 0. The normalized spacial score (nSPS) is 21.2. The van der Waals surface area contributed by atoms with Crippen LogP contribution in [-0.2, 0) is 0 Å². The van der Waals surface area contributed by atoms with Crippen molar-refractivity contribution in [1.29, 1.82) is 0 Å². The van der Waals surface area contributed by atoms with E-state index < -0.39 is 17.6 Å². The van der Waals surface area contributed by atoms with Crippen LogP contribution in [0.4, 0.5) is 19.0 Å². The molecule has 1 aromatic heterocycles. The molecule has 0 saturated heterocycles. The smallest absolute Gasteiger partial charge is 0.251 e. The molecule has 19 heavy (non-hydrogen) atoms. The highest BCUT2D eigenvalue weighted by Crippen LogP contribution is 2.42. The van der Waals surface area contributed by atoms with Crippen LogP contribution >= 0.6 is 0 Å². The Kier molecular flexibility index (Phi) is 2.89. The van der Waals surface area contributed by atoms with Crippen LogP contribution in [0.2, 0.25) is 0 Å². The third kappa shape index (κ3) is 2.41. The predicted octanol–water partition coefficient (Wildman–Crippen LogP) is 3.47. The van der Waals surface area contributed by atoms with E-state index in [9.17, 15) is 13.2 Å². The average Bonchev–Trinajstić information content (AvgIpc) is 3.16. The first kappa shape index (κ1) is 12.0. The fourth-order valence-corrected chi connectivity index (χ4v) is 2.14. The van der Waals surface area contributed by atoms with Crippen molar-refractivity contribution < 1.29 is 13.2 Å². The molecule has 2 nitrogen and oxygen atoms in total. The first-order chi connectivity index (χ1) is 9.15. The molecule has 0 amide bonds. The minimum Gasteiger partial charge on any atom is -0.364 e. The third-order valence-corrected chi connectivity index (χ3v) is 3.23. The van der Waals surface area contributed by atoms with Gasteiger partial charge in [-0.1, -0.05) is 30.3 Å². The maximum Gasteiger partial charge on any atom is 0.251 e. The first-order valence-corrected chi connectivity index (χ1v) is 5.98. The summed E-state index contributed by atoms with van der Waals surface area (Å²) in [5, 5.41) is 2.81. The molecule has 1 aliphatic rings. The average molecular weight is 264 g/mol. The lowest BCUT2D eigenvalue weighted by atomic mass is 10.1. The molecule has 2 aromatic rings. The van der Waals surface area contributed by atoms with Gasteiger partial charge >= 0.3 is 0 Å². The zero-order valence-electron chi connectivity index (χ0n) is 9.91. The summed E-state index contributed by atoms with van der Waals surface area (Å²) in [5.74, 6) is -3.42. The number of hydrogen-bond acceptors (Lipinski definition) is 2. The van der Waals surface area contributed by atoms with Gasteiger partial charge in [0.05, 0.1) is 0 Å². The van der Waals surface area contributed by atoms with Gasteiger partial charge in [0.15, 0.2) is 17.5 Å². The van der Waals surface area contributed by atoms with Crippen LogP contribution in [0.3, 0.4) is 0 Å². The standard InChI is InChI=1S/C14H11F3N2/c15-10-7-11(16)14(19-13(10)17)18-12-6-9(12)8-4-2-1-3-5-8/h1-5,7,9,12H,6H2,(H,18,19). The van der Waals surface area contributed by atoms with E-state index in [2.05, 4.69) is 10.3 Å². The number of pyridine rings is 1. The summed E-state index contributed by atoms with van der Waals surface area (Å²) in [6.07, 6.45) is 0.824. The molecule has 1 aliphatic carbocycles. The summed E-state index contributed by atoms with van der Waals surface area (Å²) in [7, 11) is 0. The van der Waals surface area contributed by atoms with Gasteiger partial charge in [0, 0.05) is 18.0 Å². The van der Waals surface area contributed by atoms with Gasteiger partial charge in [-0.2, -0.15) is 9.37 Å². The number of aromatic nitrogens is 1. The zero-order chi connectivity index (χ0) is 13.4. The molecule has 1 heterocycles. The summed E-state index contributed by atoms with van der Waals surface area (Å²) in [6.45, 7) is 0. The molecule has 1 fully saturated rings. The van der Waals surface area contributed by atoms with Crippen molar-refractivity contribution in [3.8, 4) is 0 Å². The van der Waals surface area contributed by atoms with E-state index in [1.807, 2.05) is 30.3 Å². The molecule has 1 N–H and O–H groups in total. The number of nitrogens with one attached hydrogen (secondary N) is 1. The van der Waals surface area contributed by atoms with Gasteiger partial charge in [-0.25, -0.2) is 8.78 Å². The number of anilines is 1. The summed E-state index contributed by atoms with van der Waals surface area (Å²) < 4.78 is 39.1. The van der Waals surface area contributed by atoms with E-state index in [0.717, 1.165) is 12.0 Å². The van der Waals surface area contributed by atoms with Crippen LogP contribution in [0.5, 0.6) is 0 Å². The molecule has 5 heteroatoms. The lowest BCUT2D eigenvalue weighted by Gasteiger charge is -2.06. The Hall–Kier alpha value is -2.04. The second kappa shape index (κ2) is 4.57. The van der Waals surface area contributed by atoms with Crippen LogP contribution in [0.1, 0.15) is 17.9 Å². The predicted molar refractivity (Wildman–Crippen MR) is 65.3 cm³/mol. The molecule has 3 rings (SSSR count). The van der Waals surface area contributed by atoms with Gasteiger partial charge in [-0.3, -0.25) is 0 Å². The van der Waals surface area contributed by atoms with Crippen molar-refractivity contribution in [2.24, 2.45) is 0 Å². The molecule has 98 valence electrons. The first-order valence-electron chi connectivity index (χ1n) is 5.98. The maximum atomic E-state index is 13.4. The molecule has 2 unspecified atom stereocenters. The Morgan fingerprint density at radius 1 is 1.05 bits per heavy atom. The van der Waals surface area contributed by atoms with E-state index in [0.29, 0.717) is 6.07 Å². The van der Waals surface area contributed by atoms with E-state index in [1.165, 1.54) is 0 Å². The topological polar surface area (TPSA) is 24.9 Å². The Labute approximate surface area is 108 Å². The van der Waals surface area contributed by atoms with Gasteiger partial charge in [0.1, 0.15) is 0 Å². The number of hydrogen-bond donors (Lipinski definition) is 1. The Balaban J connectivity index is 1.73. The van der Waals surface area contributed by atoms with Crippen LogP contribution in [0.15, 0.2) is 36.4 Å². The highest BCUT2D eigenvalue weighted by Gasteiger charge is 2.39. The fraction of sp³-hybridized carbons (Fsp3) is 0.214. The van der Waals surface area contributed by atoms with E-state index >= 15 is 0 Å². The molecule has 0 bridgehead atoms. The number of halogens is 3. The molecule has 0 aliphatic heterocycles. The molecule has 0 spiro atoms. The lowest BCUT2D eigenvalue weighted by molar-refractivity contribution is 0.466. The Bertz CT molecular complexity index is 601. The number of benzene rings is 1. The van der Waals surface area contributed by atoms with Crippen LogP contribution in [-0.4, -0.2) is 11.0 Å². The Morgan fingerprint density at radius 2 is 1.79 bits per heavy atom. The minimum absolute atomic E-state index is 0.00858. The minimum atomic E-state index is -1.29. The van der Waals surface area contributed by atoms with Crippen molar-refractivity contribution >= 4 is 5.82 Å². The van der Waals surface area contributed by atoms with Crippen LogP contribution < -0.4 is 5.32 Å². The summed E-state index contributed by atoms with van der Waals surface area (Å²) in [4.78, 5) is 3.25. The molecular weight excluding hydrogens is 253 g/mol. The van der Waals surface area contributed by atoms with Gasteiger partial charge in [0.25, 0.3) is 5.95 Å². The summed E-state index contributed by atoms with van der Waals surface area (Å²) in [5.41, 5.74) is 1.14. The van der Waals surface area contributed by atoms with Crippen molar-refractivity contribution in [2.75, 3.05) is 5.32 Å². The van der Waals surface area contributed by atoms with Crippen molar-refractivity contribution in [3.05, 3.63) is 59.5 Å². The van der Waals surface area contributed by atoms with Gasteiger partial charge in [-0.15, -0.1) is 0 Å². The van der Waals surface area contributed by atoms with Crippen molar-refractivity contribution in [2.45, 2.75) is 18.4 Å². The number of nitrogens with zero attached hydrogens (tertiary/aromatic N) is 1. The van der Waals surface area contributed by atoms with E-state index in [-0.39, 0.29) is 17.8 Å². The molecule has 1 aromatic carbocycles. The maximum absolute atomic E-state index is 13.4. The van der Waals surface area contributed by atoms with Crippen LogP contribution in [0.25, 0.3) is 0 Å².